The molecule has 0 spiro atoms. The molecule has 2 aromatic rings. The Morgan fingerprint density at radius 3 is 2.53 bits per heavy atom. The summed E-state index contributed by atoms with van der Waals surface area (Å²) in [7, 11) is 0. The summed E-state index contributed by atoms with van der Waals surface area (Å²) in [6.45, 7) is 1.49. The molecule has 0 aromatic heterocycles. The minimum atomic E-state index is -0.900. The van der Waals surface area contributed by atoms with Gasteiger partial charge in [0.25, 0.3) is 0 Å². The molecule has 19 heavy (non-hydrogen) atoms. The van der Waals surface area contributed by atoms with Crippen LogP contribution in [0, 0.1) is 11.6 Å². The molecular formula is C14H11ClF2O2. The molecule has 0 radical (unpaired) electrons. The van der Waals surface area contributed by atoms with Crippen LogP contribution in [0.4, 0.5) is 8.78 Å². The highest BCUT2D eigenvalue weighted by Crippen LogP contribution is 2.33. The van der Waals surface area contributed by atoms with Gasteiger partial charge in [-0.05, 0) is 25.1 Å². The fraction of sp³-hybridized carbons (Fsp3) is 0.143. The third kappa shape index (κ3) is 3.03. The second-order valence-electron chi connectivity index (χ2n) is 4.01. The molecule has 2 aromatic carbocycles. The molecule has 100 valence electrons. The second-order valence-corrected chi connectivity index (χ2v) is 4.42. The van der Waals surface area contributed by atoms with Crippen molar-refractivity contribution in [2.24, 2.45) is 0 Å². The molecule has 0 saturated heterocycles. The van der Waals surface area contributed by atoms with Crippen LogP contribution in [0.2, 0.25) is 5.02 Å². The molecule has 5 heteroatoms. The number of rotatable bonds is 3. The number of aliphatic hydroxyl groups excluding tert-OH is 1. The Hall–Kier alpha value is -1.65. The normalized spacial score (nSPS) is 12.3. The molecule has 1 atom stereocenters. The Morgan fingerprint density at radius 1 is 1.16 bits per heavy atom. The Balaban J connectivity index is 2.40. The van der Waals surface area contributed by atoms with Crippen LogP contribution in [-0.2, 0) is 0 Å². The molecular weight excluding hydrogens is 274 g/mol. The van der Waals surface area contributed by atoms with E-state index >= 15 is 0 Å². The lowest BCUT2D eigenvalue weighted by Crippen LogP contribution is -1.99. The maximum Gasteiger partial charge on any atom is 0.168 e. The van der Waals surface area contributed by atoms with E-state index in [-0.39, 0.29) is 22.1 Å². The van der Waals surface area contributed by atoms with E-state index in [1.165, 1.54) is 37.3 Å². The predicted molar refractivity (Wildman–Crippen MR) is 68.5 cm³/mol. The molecule has 2 rings (SSSR count). The van der Waals surface area contributed by atoms with Crippen molar-refractivity contribution in [3.8, 4) is 11.5 Å². The van der Waals surface area contributed by atoms with Crippen LogP contribution in [0.5, 0.6) is 11.5 Å². The van der Waals surface area contributed by atoms with Gasteiger partial charge in [-0.3, -0.25) is 0 Å². The van der Waals surface area contributed by atoms with Gasteiger partial charge in [-0.25, -0.2) is 8.78 Å². The highest BCUT2D eigenvalue weighted by Gasteiger charge is 2.15. The monoisotopic (exact) mass is 284 g/mol. The molecule has 2 nitrogen and oxygen atoms in total. The van der Waals surface area contributed by atoms with Gasteiger partial charge in [0, 0.05) is 11.6 Å². The van der Waals surface area contributed by atoms with Gasteiger partial charge in [-0.1, -0.05) is 23.7 Å². The minimum Gasteiger partial charge on any atom is -0.454 e. The fourth-order valence-corrected chi connectivity index (χ4v) is 1.74. The average Bonchev–Trinajstić information content (AvgIpc) is 2.36. The first-order valence-corrected chi connectivity index (χ1v) is 5.96. The maximum absolute atomic E-state index is 13.7. The molecule has 0 aliphatic heterocycles. The van der Waals surface area contributed by atoms with Crippen molar-refractivity contribution in [1.29, 1.82) is 0 Å². The number of ether oxygens (including phenoxy) is 1. The van der Waals surface area contributed by atoms with Crippen LogP contribution in [-0.4, -0.2) is 5.11 Å². The Bertz CT molecular complexity index is 600. The van der Waals surface area contributed by atoms with E-state index in [0.717, 1.165) is 6.07 Å². The van der Waals surface area contributed by atoms with Crippen LogP contribution in [0.25, 0.3) is 0 Å². The van der Waals surface area contributed by atoms with E-state index < -0.39 is 17.7 Å². The van der Waals surface area contributed by atoms with E-state index in [2.05, 4.69) is 0 Å². The molecule has 0 bridgehead atoms. The number of hydrogen-bond donors (Lipinski definition) is 1. The van der Waals surface area contributed by atoms with Crippen molar-refractivity contribution < 1.29 is 18.6 Å². The van der Waals surface area contributed by atoms with Crippen molar-refractivity contribution in [3.05, 3.63) is 58.6 Å². The van der Waals surface area contributed by atoms with Crippen LogP contribution in [0.1, 0.15) is 18.6 Å². The minimum absolute atomic E-state index is 0.0448. The van der Waals surface area contributed by atoms with Crippen molar-refractivity contribution in [2.75, 3.05) is 0 Å². The van der Waals surface area contributed by atoms with Gasteiger partial charge >= 0.3 is 0 Å². The molecule has 0 aliphatic rings. The van der Waals surface area contributed by atoms with E-state index in [4.69, 9.17) is 16.3 Å². The Kier molecular flexibility index (Phi) is 4.02. The third-order valence-corrected chi connectivity index (χ3v) is 2.87. The van der Waals surface area contributed by atoms with Gasteiger partial charge in [0.1, 0.15) is 11.6 Å². The second kappa shape index (κ2) is 5.55. The summed E-state index contributed by atoms with van der Waals surface area (Å²) in [6, 6.07) is 7.99. The Morgan fingerprint density at radius 2 is 1.89 bits per heavy atom. The Labute approximate surface area is 114 Å². The van der Waals surface area contributed by atoms with E-state index in [1.54, 1.807) is 0 Å². The van der Waals surface area contributed by atoms with Crippen molar-refractivity contribution in [3.63, 3.8) is 0 Å². The number of halogens is 3. The zero-order valence-corrected chi connectivity index (χ0v) is 10.8. The van der Waals surface area contributed by atoms with Crippen molar-refractivity contribution in [1.82, 2.24) is 0 Å². The average molecular weight is 285 g/mol. The van der Waals surface area contributed by atoms with E-state index in [0.29, 0.717) is 0 Å². The highest BCUT2D eigenvalue weighted by molar-refractivity contribution is 6.30. The highest BCUT2D eigenvalue weighted by atomic mass is 35.5. The topological polar surface area (TPSA) is 29.5 Å². The molecule has 0 heterocycles. The standard InChI is InChI=1S/C14H11ClF2O2/c1-8(18)10-3-2-4-12(16)14(10)19-9-5-6-11(15)13(17)7-9/h2-8,18H,1H3/t8-/m0/s1. The predicted octanol–water partition coefficient (Wildman–Crippen LogP) is 4.46. The SMILES string of the molecule is C[C@H](O)c1cccc(F)c1Oc1ccc(Cl)c(F)c1. The van der Waals surface area contributed by atoms with Crippen LogP contribution >= 0.6 is 11.6 Å². The maximum atomic E-state index is 13.7. The summed E-state index contributed by atoms with van der Waals surface area (Å²) in [5.41, 5.74) is 0.287. The van der Waals surface area contributed by atoms with Crippen LogP contribution in [0.15, 0.2) is 36.4 Å². The summed E-state index contributed by atoms with van der Waals surface area (Å²) < 4.78 is 32.3. The van der Waals surface area contributed by atoms with Crippen molar-refractivity contribution in [2.45, 2.75) is 13.0 Å². The third-order valence-electron chi connectivity index (χ3n) is 2.56. The molecule has 0 aliphatic carbocycles. The number of aliphatic hydroxyl groups is 1. The molecule has 0 unspecified atom stereocenters. The number of benzene rings is 2. The molecule has 0 saturated carbocycles. The van der Waals surface area contributed by atoms with Gasteiger partial charge in [0.05, 0.1) is 11.1 Å². The van der Waals surface area contributed by atoms with Gasteiger partial charge < -0.3 is 9.84 Å². The summed E-state index contributed by atoms with van der Waals surface area (Å²) in [4.78, 5) is 0. The smallest absolute Gasteiger partial charge is 0.168 e. The van der Waals surface area contributed by atoms with E-state index in [9.17, 15) is 13.9 Å². The largest absolute Gasteiger partial charge is 0.454 e. The fourth-order valence-electron chi connectivity index (χ4n) is 1.62. The first-order valence-electron chi connectivity index (χ1n) is 5.58. The molecule has 1 N–H and O–H groups in total. The lowest BCUT2D eigenvalue weighted by atomic mass is 10.1. The summed E-state index contributed by atoms with van der Waals surface area (Å²) in [5, 5.41) is 9.52. The summed E-state index contributed by atoms with van der Waals surface area (Å²) >= 11 is 5.55. The van der Waals surface area contributed by atoms with Crippen LogP contribution in [0.3, 0.4) is 0 Å². The van der Waals surface area contributed by atoms with Gasteiger partial charge in [-0.2, -0.15) is 0 Å². The number of hydrogen-bond acceptors (Lipinski definition) is 2. The van der Waals surface area contributed by atoms with Gasteiger partial charge in [0.2, 0.25) is 0 Å². The first-order chi connectivity index (χ1) is 8.99. The molecule has 0 fully saturated rings. The first kappa shape index (κ1) is 13.8. The van der Waals surface area contributed by atoms with Gasteiger partial charge in [0.15, 0.2) is 11.6 Å². The lowest BCUT2D eigenvalue weighted by Gasteiger charge is -2.14. The number of para-hydroxylation sites is 1. The van der Waals surface area contributed by atoms with Gasteiger partial charge in [-0.15, -0.1) is 0 Å². The summed E-state index contributed by atoms with van der Waals surface area (Å²) in [6.07, 6.45) is -0.900. The summed E-state index contributed by atoms with van der Waals surface area (Å²) in [5.74, 6) is -1.31. The lowest BCUT2D eigenvalue weighted by molar-refractivity contribution is 0.194. The zero-order valence-electron chi connectivity index (χ0n) is 10.0. The zero-order chi connectivity index (χ0) is 14.0. The quantitative estimate of drug-likeness (QED) is 0.901. The van der Waals surface area contributed by atoms with E-state index in [1.807, 2.05) is 0 Å². The van der Waals surface area contributed by atoms with Crippen LogP contribution < -0.4 is 4.74 Å². The molecule has 0 amide bonds. The van der Waals surface area contributed by atoms with Crippen molar-refractivity contribution >= 4 is 11.6 Å².